The number of rotatable bonds is 6. The third-order valence-corrected chi connectivity index (χ3v) is 4.01. The van der Waals surface area contributed by atoms with Gasteiger partial charge in [0.25, 0.3) is 5.91 Å². The Hall–Kier alpha value is -2.67. The Labute approximate surface area is 149 Å². The van der Waals surface area contributed by atoms with Crippen LogP contribution >= 0.6 is 11.6 Å². The van der Waals surface area contributed by atoms with Gasteiger partial charge in [0.1, 0.15) is 11.5 Å². The Kier molecular flexibility index (Phi) is 5.14. The standard InChI is InChI=1S/C17H17ClFN5O/c1-2-8-24-16(6-7-20-24)17(25)22-12-9-21-23(10-12)11-13-14(18)4-3-5-15(13)19/h3-7,9-10H,2,8,11H2,1H3,(H,22,25). The maximum Gasteiger partial charge on any atom is 0.274 e. The van der Waals surface area contributed by atoms with Gasteiger partial charge in [-0.15, -0.1) is 0 Å². The lowest BCUT2D eigenvalue weighted by Crippen LogP contribution is -2.17. The highest BCUT2D eigenvalue weighted by Gasteiger charge is 2.13. The molecule has 0 atom stereocenters. The minimum absolute atomic E-state index is 0.176. The Morgan fingerprint density at radius 1 is 1.32 bits per heavy atom. The van der Waals surface area contributed by atoms with Gasteiger partial charge in [0.05, 0.1) is 18.4 Å². The molecule has 0 saturated carbocycles. The molecule has 1 N–H and O–H groups in total. The van der Waals surface area contributed by atoms with Gasteiger partial charge in [0.2, 0.25) is 0 Å². The zero-order valence-corrected chi connectivity index (χ0v) is 14.4. The smallest absolute Gasteiger partial charge is 0.274 e. The summed E-state index contributed by atoms with van der Waals surface area (Å²) >= 11 is 6.02. The van der Waals surface area contributed by atoms with E-state index in [1.54, 1.807) is 35.3 Å². The van der Waals surface area contributed by atoms with E-state index < -0.39 is 5.82 Å². The first kappa shape index (κ1) is 17.2. The maximum atomic E-state index is 13.9. The number of aryl methyl sites for hydroxylation is 1. The van der Waals surface area contributed by atoms with Crippen LogP contribution in [0.2, 0.25) is 5.02 Å². The lowest BCUT2D eigenvalue weighted by Gasteiger charge is -2.06. The number of anilines is 1. The monoisotopic (exact) mass is 361 g/mol. The number of nitrogens with one attached hydrogen (secondary N) is 1. The van der Waals surface area contributed by atoms with Gasteiger partial charge in [-0.05, 0) is 24.6 Å². The molecule has 0 aliphatic carbocycles. The molecule has 0 radical (unpaired) electrons. The summed E-state index contributed by atoms with van der Waals surface area (Å²) in [6, 6.07) is 6.19. The molecule has 1 amide bonds. The molecule has 0 aliphatic rings. The second kappa shape index (κ2) is 7.48. The Bertz CT molecular complexity index is 869. The molecule has 6 nitrogen and oxygen atoms in total. The lowest BCUT2D eigenvalue weighted by molar-refractivity contribution is 0.101. The van der Waals surface area contributed by atoms with Crippen molar-refractivity contribution in [3.8, 4) is 0 Å². The maximum absolute atomic E-state index is 13.9. The SMILES string of the molecule is CCCn1nccc1C(=O)Nc1cnn(Cc2c(F)cccc2Cl)c1. The number of nitrogens with zero attached hydrogens (tertiary/aromatic N) is 4. The third-order valence-electron chi connectivity index (χ3n) is 3.66. The van der Waals surface area contributed by atoms with Crippen molar-refractivity contribution in [1.82, 2.24) is 19.6 Å². The molecule has 0 unspecified atom stereocenters. The molecule has 3 rings (SSSR count). The van der Waals surface area contributed by atoms with Crippen LogP contribution in [0.15, 0.2) is 42.9 Å². The van der Waals surface area contributed by atoms with E-state index in [1.807, 2.05) is 6.92 Å². The van der Waals surface area contributed by atoms with E-state index in [9.17, 15) is 9.18 Å². The van der Waals surface area contributed by atoms with Gasteiger partial charge in [-0.3, -0.25) is 14.2 Å². The van der Waals surface area contributed by atoms with E-state index in [0.717, 1.165) is 6.42 Å². The lowest BCUT2D eigenvalue weighted by atomic mass is 10.2. The molecule has 3 aromatic rings. The van der Waals surface area contributed by atoms with Gasteiger partial charge in [0.15, 0.2) is 0 Å². The molecule has 130 valence electrons. The fraction of sp³-hybridized carbons (Fsp3) is 0.235. The van der Waals surface area contributed by atoms with Crippen molar-refractivity contribution in [3.05, 3.63) is 65.0 Å². The van der Waals surface area contributed by atoms with Crippen LogP contribution in [0.3, 0.4) is 0 Å². The van der Waals surface area contributed by atoms with Gasteiger partial charge in [0, 0.05) is 29.5 Å². The summed E-state index contributed by atoms with van der Waals surface area (Å²) in [5, 5.41) is 11.4. The zero-order chi connectivity index (χ0) is 17.8. The Morgan fingerprint density at radius 3 is 2.92 bits per heavy atom. The minimum Gasteiger partial charge on any atom is -0.318 e. The van der Waals surface area contributed by atoms with Crippen LogP contribution in [-0.2, 0) is 13.1 Å². The van der Waals surface area contributed by atoms with Gasteiger partial charge < -0.3 is 5.32 Å². The molecule has 0 fully saturated rings. The molecule has 8 heteroatoms. The van der Waals surface area contributed by atoms with E-state index >= 15 is 0 Å². The summed E-state index contributed by atoms with van der Waals surface area (Å²) in [6.45, 7) is 2.86. The summed E-state index contributed by atoms with van der Waals surface area (Å²) in [5.41, 5.74) is 1.35. The van der Waals surface area contributed by atoms with Crippen molar-refractivity contribution >= 4 is 23.2 Å². The second-order valence-corrected chi connectivity index (χ2v) is 5.93. The third kappa shape index (κ3) is 3.88. The molecule has 2 aromatic heterocycles. The number of hydrogen-bond acceptors (Lipinski definition) is 3. The van der Waals surface area contributed by atoms with E-state index in [0.29, 0.717) is 28.5 Å². The highest BCUT2D eigenvalue weighted by Crippen LogP contribution is 2.20. The molecule has 0 aliphatic heterocycles. The van der Waals surface area contributed by atoms with Crippen LogP contribution in [0.4, 0.5) is 10.1 Å². The number of halogens is 2. The number of hydrogen-bond donors (Lipinski definition) is 1. The van der Waals surface area contributed by atoms with Crippen LogP contribution in [-0.4, -0.2) is 25.5 Å². The molecule has 1 aromatic carbocycles. The van der Waals surface area contributed by atoms with Crippen LogP contribution < -0.4 is 5.32 Å². The Morgan fingerprint density at radius 2 is 2.16 bits per heavy atom. The number of benzene rings is 1. The first-order valence-electron chi connectivity index (χ1n) is 7.87. The highest BCUT2D eigenvalue weighted by atomic mass is 35.5. The fourth-order valence-corrected chi connectivity index (χ4v) is 2.69. The van der Waals surface area contributed by atoms with Crippen molar-refractivity contribution in [2.45, 2.75) is 26.4 Å². The van der Waals surface area contributed by atoms with Gasteiger partial charge in [-0.2, -0.15) is 10.2 Å². The molecule has 0 spiro atoms. The molecule has 25 heavy (non-hydrogen) atoms. The summed E-state index contributed by atoms with van der Waals surface area (Å²) in [7, 11) is 0. The number of amides is 1. The van der Waals surface area contributed by atoms with Crippen molar-refractivity contribution in [2.75, 3.05) is 5.32 Å². The molecular formula is C17H17ClFN5O. The topological polar surface area (TPSA) is 64.7 Å². The summed E-state index contributed by atoms with van der Waals surface area (Å²) in [4.78, 5) is 12.4. The largest absolute Gasteiger partial charge is 0.318 e. The van der Waals surface area contributed by atoms with Crippen molar-refractivity contribution in [3.63, 3.8) is 0 Å². The van der Waals surface area contributed by atoms with Crippen molar-refractivity contribution in [2.24, 2.45) is 0 Å². The molecule has 0 saturated heterocycles. The predicted molar refractivity (Wildman–Crippen MR) is 93.2 cm³/mol. The van der Waals surface area contributed by atoms with E-state index in [1.165, 1.54) is 16.9 Å². The zero-order valence-electron chi connectivity index (χ0n) is 13.6. The van der Waals surface area contributed by atoms with Crippen molar-refractivity contribution in [1.29, 1.82) is 0 Å². The van der Waals surface area contributed by atoms with E-state index in [-0.39, 0.29) is 12.5 Å². The van der Waals surface area contributed by atoms with Gasteiger partial charge >= 0.3 is 0 Å². The second-order valence-electron chi connectivity index (χ2n) is 5.52. The quantitative estimate of drug-likeness (QED) is 0.729. The highest BCUT2D eigenvalue weighted by molar-refractivity contribution is 6.31. The number of carbonyl (C=O) groups excluding carboxylic acids is 1. The van der Waals surface area contributed by atoms with Gasteiger partial charge in [-0.25, -0.2) is 4.39 Å². The van der Waals surface area contributed by atoms with Crippen LogP contribution in [0.1, 0.15) is 29.4 Å². The predicted octanol–water partition coefficient (Wildman–Crippen LogP) is 3.58. The van der Waals surface area contributed by atoms with Crippen LogP contribution in [0.5, 0.6) is 0 Å². The summed E-state index contributed by atoms with van der Waals surface area (Å²) < 4.78 is 17.0. The Balaban J connectivity index is 1.71. The molecule has 2 heterocycles. The normalized spacial score (nSPS) is 10.8. The first-order valence-corrected chi connectivity index (χ1v) is 8.24. The number of carbonyl (C=O) groups is 1. The average molecular weight is 362 g/mol. The number of aromatic nitrogens is 4. The summed E-state index contributed by atoms with van der Waals surface area (Å²) in [6.07, 6.45) is 5.60. The van der Waals surface area contributed by atoms with E-state index in [4.69, 9.17) is 11.6 Å². The van der Waals surface area contributed by atoms with Crippen LogP contribution in [0, 0.1) is 5.82 Å². The average Bonchev–Trinajstić information content (AvgIpc) is 3.21. The molecular weight excluding hydrogens is 345 g/mol. The summed E-state index contributed by atoms with van der Waals surface area (Å²) in [5.74, 6) is -0.661. The minimum atomic E-state index is -0.392. The van der Waals surface area contributed by atoms with Crippen molar-refractivity contribution < 1.29 is 9.18 Å². The van der Waals surface area contributed by atoms with E-state index in [2.05, 4.69) is 15.5 Å². The first-order chi connectivity index (χ1) is 12.1. The van der Waals surface area contributed by atoms with Crippen LogP contribution in [0.25, 0.3) is 0 Å². The van der Waals surface area contributed by atoms with Gasteiger partial charge in [-0.1, -0.05) is 24.6 Å². The fourth-order valence-electron chi connectivity index (χ4n) is 2.47. The molecule has 0 bridgehead atoms.